The Morgan fingerprint density at radius 1 is 1.14 bits per heavy atom. The smallest absolute Gasteiger partial charge is 0.326 e. The monoisotopic (exact) mass is 493 g/mol. The summed E-state index contributed by atoms with van der Waals surface area (Å²) in [5, 5.41) is 15.9. The third kappa shape index (κ3) is 7.50. The number of nitrogens with zero attached hydrogens (tertiary/aromatic N) is 3. The number of hydrogen-bond donors (Lipinski definition) is 3. The van der Waals surface area contributed by atoms with E-state index in [0.717, 1.165) is 88.0 Å². The van der Waals surface area contributed by atoms with Gasteiger partial charge in [0, 0.05) is 31.2 Å². The Balaban J connectivity index is 1.14. The SMILES string of the molecule is O=C(O)C(CCCCCCCc1ccc2c(n1)NCCC2)NC(=O)[C@@H]1CCCN1Cc1cccnc1. The molecule has 8 nitrogen and oxygen atoms in total. The number of unbranched alkanes of at least 4 members (excludes halogenated alkanes) is 4. The van der Waals surface area contributed by atoms with Gasteiger partial charge in [-0.25, -0.2) is 9.78 Å². The molecule has 194 valence electrons. The first-order chi connectivity index (χ1) is 17.6. The Labute approximate surface area is 213 Å². The molecule has 4 rings (SSSR count). The van der Waals surface area contributed by atoms with E-state index in [2.05, 4.69) is 32.7 Å². The molecule has 1 fully saturated rings. The van der Waals surface area contributed by atoms with E-state index in [-0.39, 0.29) is 11.9 Å². The predicted octanol–water partition coefficient (Wildman–Crippen LogP) is 3.95. The minimum absolute atomic E-state index is 0.171. The topological polar surface area (TPSA) is 107 Å². The Bertz CT molecular complexity index is 1000. The lowest BCUT2D eigenvalue weighted by atomic mass is 10.0. The summed E-state index contributed by atoms with van der Waals surface area (Å²) in [5.41, 5.74) is 3.52. The zero-order valence-corrected chi connectivity index (χ0v) is 21.1. The zero-order chi connectivity index (χ0) is 25.2. The van der Waals surface area contributed by atoms with E-state index in [9.17, 15) is 14.7 Å². The predicted molar refractivity (Wildman–Crippen MR) is 140 cm³/mol. The van der Waals surface area contributed by atoms with E-state index in [4.69, 9.17) is 4.98 Å². The third-order valence-corrected chi connectivity index (χ3v) is 7.27. The molecule has 2 atom stereocenters. The number of pyridine rings is 2. The highest BCUT2D eigenvalue weighted by Crippen LogP contribution is 2.22. The number of carbonyl (C=O) groups is 2. The van der Waals surface area contributed by atoms with Gasteiger partial charge in [0.25, 0.3) is 0 Å². The van der Waals surface area contributed by atoms with Gasteiger partial charge in [-0.1, -0.05) is 37.8 Å². The minimum Gasteiger partial charge on any atom is -0.480 e. The van der Waals surface area contributed by atoms with Gasteiger partial charge in [-0.3, -0.25) is 14.7 Å². The van der Waals surface area contributed by atoms with E-state index in [1.807, 2.05) is 18.3 Å². The molecule has 4 heterocycles. The average Bonchev–Trinajstić information content (AvgIpc) is 3.36. The maximum Gasteiger partial charge on any atom is 0.326 e. The van der Waals surface area contributed by atoms with Crippen LogP contribution in [0.3, 0.4) is 0 Å². The molecule has 2 aliphatic heterocycles. The quantitative estimate of drug-likeness (QED) is 0.363. The van der Waals surface area contributed by atoms with E-state index >= 15 is 0 Å². The van der Waals surface area contributed by atoms with Gasteiger partial charge in [0.2, 0.25) is 5.91 Å². The Hall–Kier alpha value is -3.00. The molecule has 1 amide bonds. The van der Waals surface area contributed by atoms with Gasteiger partial charge >= 0.3 is 5.97 Å². The van der Waals surface area contributed by atoms with Crippen LogP contribution in [0.5, 0.6) is 0 Å². The molecule has 0 saturated carbocycles. The number of nitrogens with one attached hydrogen (secondary N) is 2. The lowest BCUT2D eigenvalue weighted by Crippen LogP contribution is -2.49. The lowest BCUT2D eigenvalue weighted by Gasteiger charge is -2.25. The first-order valence-electron chi connectivity index (χ1n) is 13.5. The van der Waals surface area contributed by atoms with Crippen molar-refractivity contribution in [2.24, 2.45) is 0 Å². The van der Waals surface area contributed by atoms with Gasteiger partial charge in [0.1, 0.15) is 11.9 Å². The Kier molecular flexibility index (Phi) is 9.67. The van der Waals surface area contributed by atoms with Gasteiger partial charge in [-0.2, -0.15) is 0 Å². The van der Waals surface area contributed by atoms with Gasteiger partial charge in [-0.15, -0.1) is 0 Å². The van der Waals surface area contributed by atoms with Gasteiger partial charge in [-0.05, 0) is 74.8 Å². The second kappa shape index (κ2) is 13.3. The molecule has 0 radical (unpaired) electrons. The van der Waals surface area contributed by atoms with Gasteiger partial charge in [0.05, 0.1) is 6.04 Å². The normalized spacial score (nSPS) is 18.3. The molecule has 1 unspecified atom stereocenters. The fourth-order valence-electron chi connectivity index (χ4n) is 5.26. The number of carboxylic acid groups (broad SMARTS) is 1. The average molecular weight is 494 g/mol. The molecule has 0 aliphatic carbocycles. The van der Waals surface area contributed by atoms with Gasteiger partial charge in [0.15, 0.2) is 0 Å². The van der Waals surface area contributed by atoms with Crippen molar-refractivity contribution in [3.05, 3.63) is 53.5 Å². The van der Waals surface area contributed by atoms with Gasteiger partial charge < -0.3 is 15.7 Å². The third-order valence-electron chi connectivity index (χ3n) is 7.27. The zero-order valence-electron chi connectivity index (χ0n) is 21.1. The Morgan fingerprint density at radius 3 is 2.83 bits per heavy atom. The van der Waals surface area contributed by atoms with Crippen LogP contribution in [-0.2, 0) is 29.0 Å². The van der Waals surface area contributed by atoms with Crippen molar-refractivity contribution in [1.29, 1.82) is 0 Å². The second-order valence-electron chi connectivity index (χ2n) is 10.0. The number of hydrogen-bond acceptors (Lipinski definition) is 6. The fraction of sp³-hybridized carbons (Fsp3) is 0.571. The number of amides is 1. The summed E-state index contributed by atoms with van der Waals surface area (Å²) in [6, 6.07) is 7.14. The minimum atomic E-state index is -0.952. The largest absolute Gasteiger partial charge is 0.480 e. The number of rotatable bonds is 13. The molecule has 36 heavy (non-hydrogen) atoms. The summed E-state index contributed by atoms with van der Waals surface area (Å²) in [6.45, 7) is 2.49. The van der Waals surface area contributed by atoms with Crippen molar-refractivity contribution >= 4 is 17.7 Å². The fourth-order valence-corrected chi connectivity index (χ4v) is 5.26. The van der Waals surface area contributed by atoms with Crippen LogP contribution in [0.25, 0.3) is 0 Å². The van der Waals surface area contributed by atoms with Crippen molar-refractivity contribution in [2.45, 2.75) is 89.3 Å². The van der Waals surface area contributed by atoms with Crippen molar-refractivity contribution in [3.63, 3.8) is 0 Å². The van der Waals surface area contributed by atoms with Crippen LogP contribution < -0.4 is 10.6 Å². The standard InChI is InChI=1S/C28H39N5O3/c34-27(25-13-8-18-33(25)20-21-9-6-16-29-19-21)32-24(28(35)36)12-5-3-1-2-4-11-23-15-14-22-10-7-17-30-26(22)31-23/h6,9,14-16,19,24-25H,1-5,7-8,10-13,17-18,20H2,(H,30,31)(H,32,34)(H,35,36)/t24?,25-/m0/s1. The number of aliphatic carboxylic acids is 1. The molecular weight excluding hydrogens is 454 g/mol. The molecule has 0 spiro atoms. The maximum atomic E-state index is 12.9. The van der Waals surface area contributed by atoms with Crippen molar-refractivity contribution in [1.82, 2.24) is 20.2 Å². The first kappa shape index (κ1) is 26.1. The van der Waals surface area contributed by atoms with Crippen LogP contribution in [0.15, 0.2) is 36.7 Å². The lowest BCUT2D eigenvalue weighted by molar-refractivity contribution is -0.142. The van der Waals surface area contributed by atoms with Crippen LogP contribution in [0.1, 0.15) is 74.6 Å². The molecule has 2 aliphatic rings. The first-order valence-corrected chi connectivity index (χ1v) is 13.5. The van der Waals surface area contributed by atoms with Crippen LogP contribution in [-0.4, -0.2) is 57.0 Å². The van der Waals surface area contributed by atoms with E-state index in [0.29, 0.717) is 13.0 Å². The highest BCUT2D eigenvalue weighted by molar-refractivity contribution is 5.87. The van der Waals surface area contributed by atoms with Crippen molar-refractivity contribution in [3.8, 4) is 0 Å². The molecule has 8 heteroatoms. The second-order valence-corrected chi connectivity index (χ2v) is 10.0. The van der Waals surface area contributed by atoms with Crippen LogP contribution in [0, 0.1) is 0 Å². The number of anilines is 1. The van der Waals surface area contributed by atoms with E-state index in [1.54, 1.807) is 6.20 Å². The summed E-state index contributed by atoms with van der Waals surface area (Å²) < 4.78 is 0. The number of carboxylic acids is 1. The summed E-state index contributed by atoms with van der Waals surface area (Å²) in [6.07, 6.45) is 14.0. The summed E-state index contributed by atoms with van der Waals surface area (Å²) in [4.78, 5) is 35.7. The maximum absolute atomic E-state index is 12.9. The van der Waals surface area contributed by atoms with Crippen molar-refractivity contribution in [2.75, 3.05) is 18.4 Å². The summed E-state index contributed by atoms with van der Waals surface area (Å²) in [7, 11) is 0. The van der Waals surface area contributed by atoms with Crippen LogP contribution >= 0.6 is 0 Å². The number of aryl methyl sites for hydroxylation is 2. The molecule has 0 aromatic carbocycles. The van der Waals surface area contributed by atoms with Crippen LogP contribution in [0.4, 0.5) is 5.82 Å². The summed E-state index contributed by atoms with van der Waals surface area (Å²) in [5.74, 6) is -0.0682. The number of carbonyl (C=O) groups excluding carboxylic acids is 1. The highest BCUT2D eigenvalue weighted by atomic mass is 16.4. The Morgan fingerprint density at radius 2 is 2.00 bits per heavy atom. The highest BCUT2D eigenvalue weighted by Gasteiger charge is 2.32. The van der Waals surface area contributed by atoms with E-state index in [1.165, 1.54) is 12.0 Å². The molecule has 2 aromatic rings. The van der Waals surface area contributed by atoms with Crippen LogP contribution in [0.2, 0.25) is 0 Å². The molecular formula is C28H39N5O3. The van der Waals surface area contributed by atoms with Crippen molar-refractivity contribution < 1.29 is 14.7 Å². The molecule has 2 aromatic heterocycles. The number of fused-ring (bicyclic) bond motifs is 1. The molecule has 1 saturated heterocycles. The number of aromatic nitrogens is 2. The van der Waals surface area contributed by atoms with E-state index < -0.39 is 12.0 Å². The molecule has 0 bridgehead atoms. The number of likely N-dealkylation sites (tertiary alicyclic amines) is 1. The molecule has 3 N–H and O–H groups in total. The summed E-state index contributed by atoms with van der Waals surface area (Å²) >= 11 is 0.